The molecule has 0 bridgehead atoms. The molecule has 0 spiro atoms. The van der Waals surface area contributed by atoms with Gasteiger partial charge in [0.25, 0.3) is 5.91 Å². The van der Waals surface area contributed by atoms with Crippen LogP contribution in [0.15, 0.2) is 35.1 Å². The lowest BCUT2D eigenvalue weighted by Gasteiger charge is -2.34. The Balaban J connectivity index is 1.60. The molecule has 7 heteroatoms. The third-order valence-corrected chi connectivity index (χ3v) is 4.23. The first-order valence-electron chi connectivity index (χ1n) is 8.34. The third-order valence-electron chi connectivity index (χ3n) is 4.23. The summed E-state index contributed by atoms with van der Waals surface area (Å²) >= 11 is 0. The summed E-state index contributed by atoms with van der Waals surface area (Å²) in [4.78, 5) is 25.1. The molecule has 2 aromatic heterocycles. The highest BCUT2D eigenvalue weighted by Gasteiger charge is 2.24. The summed E-state index contributed by atoms with van der Waals surface area (Å²) in [5.41, 5.74) is 0. The number of anilines is 2. The molecule has 0 radical (unpaired) electrons. The largest absolute Gasteiger partial charge is 0.459 e. The van der Waals surface area contributed by atoms with Crippen molar-refractivity contribution in [1.82, 2.24) is 14.9 Å². The van der Waals surface area contributed by atoms with Crippen molar-refractivity contribution in [2.24, 2.45) is 0 Å². The van der Waals surface area contributed by atoms with Crippen molar-refractivity contribution in [2.45, 2.75) is 26.3 Å². The zero-order valence-corrected chi connectivity index (χ0v) is 14.1. The lowest BCUT2D eigenvalue weighted by Crippen LogP contribution is -2.49. The van der Waals surface area contributed by atoms with Gasteiger partial charge >= 0.3 is 0 Å². The predicted molar refractivity (Wildman–Crippen MR) is 92.2 cm³/mol. The second-order valence-electron chi connectivity index (χ2n) is 5.95. The van der Waals surface area contributed by atoms with Crippen LogP contribution in [0.3, 0.4) is 0 Å². The van der Waals surface area contributed by atoms with Gasteiger partial charge in [-0.3, -0.25) is 4.79 Å². The van der Waals surface area contributed by atoms with Crippen LogP contribution in [0.5, 0.6) is 0 Å². The maximum Gasteiger partial charge on any atom is 0.289 e. The molecular weight excluding hydrogens is 306 g/mol. The molecule has 24 heavy (non-hydrogen) atoms. The fourth-order valence-electron chi connectivity index (χ4n) is 2.60. The van der Waals surface area contributed by atoms with Crippen molar-refractivity contribution >= 4 is 17.7 Å². The summed E-state index contributed by atoms with van der Waals surface area (Å²) in [6.45, 7) is 6.94. The second kappa shape index (κ2) is 7.33. The third kappa shape index (κ3) is 3.67. The molecule has 3 heterocycles. The lowest BCUT2D eigenvalue weighted by molar-refractivity contribution is 0.0714. The number of amides is 1. The Kier molecular flexibility index (Phi) is 4.98. The van der Waals surface area contributed by atoms with Crippen LogP contribution in [0.25, 0.3) is 0 Å². The SMILES string of the molecule is CCC(C)Nc1ccnc(N2CCN(C(=O)c3ccco3)CC2)n1. The molecule has 1 atom stereocenters. The number of furan rings is 1. The van der Waals surface area contributed by atoms with E-state index in [4.69, 9.17) is 4.42 Å². The van der Waals surface area contributed by atoms with E-state index in [0.717, 1.165) is 12.2 Å². The number of hydrogen-bond acceptors (Lipinski definition) is 6. The minimum absolute atomic E-state index is 0.0623. The summed E-state index contributed by atoms with van der Waals surface area (Å²) in [5, 5.41) is 3.36. The van der Waals surface area contributed by atoms with E-state index in [1.54, 1.807) is 23.2 Å². The maximum absolute atomic E-state index is 12.3. The highest BCUT2D eigenvalue weighted by atomic mass is 16.3. The summed E-state index contributed by atoms with van der Waals surface area (Å²) in [5.74, 6) is 1.86. The van der Waals surface area contributed by atoms with Crippen LogP contribution in [0, 0.1) is 0 Å². The van der Waals surface area contributed by atoms with Crippen LogP contribution >= 0.6 is 0 Å². The number of carbonyl (C=O) groups is 1. The smallest absolute Gasteiger partial charge is 0.289 e. The number of hydrogen-bond donors (Lipinski definition) is 1. The summed E-state index contributed by atoms with van der Waals surface area (Å²) in [6.07, 6.45) is 4.33. The van der Waals surface area contributed by atoms with Crippen LogP contribution in [0.1, 0.15) is 30.8 Å². The molecule has 2 aromatic rings. The van der Waals surface area contributed by atoms with Crippen molar-refractivity contribution < 1.29 is 9.21 Å². The van der Waals surface area contributed by atoms with Gasteiger partial charge in [-0.15, -0.1) is 0 Å². The molecule has 1 aliphatic rings. The summed E-state index contributed by atoms with van der Waals surface area (Å²) in [7, 11) is 0. The first-order chi connectivity index (χ1) is 11.7. The van der Waals surface area contributed by atoms with Gasteiger partial charge in [0, 0.05) is 38.4 Å². The average Bonchev–Trinajstić information content (AvgIpc) is 3.16. The summed E-state index contributed by atoms with van der Waals surface area (Å²) < 4.78 is 5.19. The average molecular weight is 329 g/mol. The van der Waals surface area contributed by atoms with Crippen LogP contribution in [-0.4, -0.2) is 53.0 Å². The van der Waals surface area contributed by atoms with Gasteiger partial charge in [-0.25, -0.2) is 4.98 Å². The Morgan fingerprint density at radius 3 is 2.79 bits per heavy atom. The Labute approximate surface area is 141 Å². The molecule has 1 fully saturated rings. The van der Waals surface area contributed by atoms with E-state index in [2.05, 4.69) is 34.0 Å². The number of rotatable bonds is 5. The highest BCUT2D eigenvalue weighted by Crippen LogP contribution is 2.16. The molecular formula is C17H23N5O2. The molecule has 3 rings (SSSR count). The summed E-state index contributed by atoms with van der Waals surface area (Å²) in [6, 6.07) is 5.68. The van der Waals surface area contributed by atoms with E-state index in [9.17, 15) is 4.79 Å². The highest BCUT2D eigenvalue weighted by molar-refractivity contribution is 5.91. The van der Waals surface area contributed by atoms with Gasteiger partial charge in [-0.05, 0) is 31.5 Å². The maximum atomic E-state index is 12.3. The van der Waals surface area contributed by atoms with Gasteiger partial charge in [0.15, 0.2) is 5.76 Å². The first kappa shape index (κ1) is 16.3. The molecule has 1 unspecified atom stereocenters. The number of piperazine rings is 1. The van der Waals surface area contributed by atoms with Gasteiger partial charge in [-0.1, -0.05) is 6.92 Å². The van der Waals surface area contributed by atoms with Gasteiger partial charge in [0.2, 0.25) is 5.95 Å². The monoisotopic (exact) mass is 329 g/mol. The minimum Gasteiger partial charge on any atom is -0.459 e. The van der Waals surface area contributed by atoms with Gasteiger partial charge in [0.1, 0.15) is 5.82 Å². The van der Waals surface area contributed by atoms with E-state index in [1.165, 1.54) is 6.26 Å². The normalized spacial score (nSPS) is 16.1. The zero-order valence-electron chi connectivity index (χ0n) is 14.1. The molecule has 0 aliphatic carbocycles. The van der Waals surface area contributed by atoms with Gasteiger partial charge < -0.3 is 19.5 Å². The predicted octanol–water partition coefficient (Wildman–Crippen LogP) is 2.24. The molecule has 1 amide bonds. The second-order valence-corrected chi connectivity index (χ2v) is 5.95. The van der Waals surface area contributed by atoms with Crippen molar-refractivity contribution in [3.63, 3.8) is 0 Å². The van der Waals surface area contributed by atoms with E-state index in [0.29, 0.717) is 43.9 Å². The molecule has 128 valence electrons. The van der Waals surface area contributed by atoms with Crippen LogP contribution < -0.4 is 10.2 Å². The van der Waals surface area contributed by atoms with Gasteiger partial charge in [0.05, 0.1) is 6.26 Å². The molecule has 0 aromatic carbocycles. The fourth-order valence-corrected chi connectivity index (χ4v) is 2.60. The van der Waals surface area contributed by atoms with Crippen molar-refractivity contribution in [1.29, 1.82) is 0 Å². The molecule has 1 N–H and O–H groups in total. The van der Waals surface area contributed by atoms with E-state index < -0.39 is 0 Å². The van der Waals surface area contributed by atoms with Crippen molar-refractivity contribution in [3.8, 4) is 0 Å². The van der Waals surface area contributed by atoms with E-state index in [-0.39, 0.29) is 5.91 Å². The zero-order chi connectivity index (χ0) is 16.9. The minimum atomic E-state index is -0.0623. The molecule has 1 aliphatic heterocycles. The van der Waals surface area contributed by atoms with Crippen molar-refractivity contribution in [2.75, 3.05) is 36.4 Å². The first-order valence-corrected chi connectivity index (χ1v) is 8.34. The Morgan fingerprint density at radius 1 is 1.33 bits per heavy atom. The fraction of sp³-hybridized carbons (Fsp3) is 0.471. The molecule has 1 saturated heterocycles. The quantitative estimate of drug-likeness (QED) is 0.907. The van der Waals surface area contributed by atoms with Crippen LogP contribution in [0.4, 0.5) is 11.8 Å². The van der Waals surface area contributed by atoms with E-state index in [1.807, 2.05) is 6.07 Å². The Bertz CT molecular complexity index is 665. The standard InChI is InChI=1S/C17H23N5O2/c1-3-13(2)19-15-6-7-18-17(20-15)22-10-8-21(9-11-22)16(23)14-5-4-12-24-14/h4-7,12-13H,3,8-11H2,1-2H3,(H,18,19,20). The van der Waals surface area contributed by atoms with Crippen LogP contribution in [0.2, 0.25) is 0 Å². The van der Waals surface area contributed by atoms with Crippen LogP contribution in [-0.2, 0) is 0 Å². The van der Waals surface area contributed by atoms with Crippen molar-refractivity contribution in [3.05, 3.63) is 36.4 Å². The topological polar surface area (TPSA) is 74.5 Å². The Hall–Kier alpha value is -2.57. The Morgan fingerprint density at radius 2 is 2.12 bits per heavy atom. The lowest BCUT2D eigenvalue weighted by atomic mass is 10.2. The van der Waals surface area contributed by atoms with E-state index >= 15 is 0 Å². The number of carbonyl (C=O) groups excluding carboxylic acids is 1. The molecule has 7 nitrogen and oxygen atoms in total. The van der Waals surface area contributed by atoms with Gasteiger partial charge in [-0.2, -0.15) is 4.98 Å². The number of nitrogens with zero attached hydrogens (tertiary/aromatic N) is 4. The number of nitrogens with one attached hydrogen (secondary N) is 1. The molecule has 0 saturated carbocycles. The number of aromatic nitrogens is 2.